The highest BCUT2D eigenvalue weighted by Gasteiger charge is 2.53. The van der Waals surface area contributed by atoms with Crippen LogP contribution in [0, 0.1) is 5.92 Å². The van der Waals surface area contributed by atoms with Crippen molar-refractivity contribution in [3.8, 4) is 0 Å². The molecular weight excluding hydrogens is 566 g/mol. The summed E-state index contributed by atoms with van der Waals surface area (Å²) in [6.07, 6.45) is 6.70. The second-order valence-electron chi connectivity index (χ2n) is 15.0. The normalized spacial score (nSPS) is 26.4. The minimum absolute atomic E-state index is 0.149. The Morgan fingerprint density at radius 3 is 2.14 bits per heavy atom. The van der Waals surface area contributed by atoms with Crippen LogP contribution in [0.2, 0.25) is 16.6 Å². The third kappa shape index (κ3) is 6.35. The molecule has 0 spiro atoms. The van der Waals surface area contributed by atoms with Gasteiger partial charge in [0.05, 0.1) is 12.6 Å². The monoisotopic (exact) mass is 625 g/mol. The van der Waals surface area contributed by atoms with Crippen molar-refractivity contribution in [1.29, 1.82) is 0 Å². The van der Waals surface area contributed by atoms with E-state index in [1.807, 2.05) is 6.20 Å². The summed E-state index contributed by atoms with van der Waals surface area (Å²) in [4.78, 5) is 30.5. The lowest BCUT2D eigenvalue weighted by molar-refractivity contribution is -0.177. The third-order valence-corrected chi connectivity index (χ3v) is 18.7. The SMILES string of the molecule is CCC1(CC)OC[C@H]([C@@H]2CC(=O)C([Si](C(C)C)(C(C)C)C(C)C)=CN2C(=O)O[C@@H]2CCCC[C@H]2C(C)(C)c2ccccc2)O1. The summed E-state index contributed by atoms with van der Waals surface area (Å²) in [5.74, 6) is -0.310. The number of benzene rings is 1. The summed E-state index contributed by atoms with van der Waals surface area (Å²) in [5, 5.41) is 0.881. The molecule has 1 amide bonds. The van der Waals surface area contributed by atoms with Gasteiger partial charge in [0.1, 0.15) is 20.3 Å². The van der Waals surface area contributed by atoms with Crippen LogP contribution in [-0.4, -0.2) is 55.5 Å². The van der Waals surface area contributed by atoms with Gasteiger partial charge in [-0.1, -0.05) is 106 Å². The van der Waals surface area contributed by atoms with Crippen LogP contribution >= 0.6 is 0 Å². The molecule has 0 unspecified atom stereocenters. The Hall–Kier alpha value is -1.96. The van der Waals surface area contributed by atoms with E-state index in [1.54, 1.807) is 4.90 Å². The largest absolute Gasteiger partial charge is 0.446 e. The van der Waals surface area contributed by atoms with Crippen LogP contribution in [0.4, 0.5) is 4.79 Å². The zero-order valence-electron chi connectivity index (χ0n) is 29.2. The van der Waals surface area contributed by atoms with E-state index in [1.165, 1.54) is 5.56 Å². The lowest BCUT2D eigenvalue weighted by Gasteiger charge is -2.48. The van der Waals surface area contributed by atoms with E-state index in [0.717, 1.165) is 30.9 Å². The number of amides is 1. The molecule has 1 saturated heterocycles. The summed E-state index contributed by atoms with van der Waals surface area (Å²) < 4.78 is 19.3. The molecule has 7 heteroatoms. The number of carbonyl (C=O) groups excluding carboxylic acids is 2. The minimum atomic E-state index is -2.34. The smallest absolute Gasteiger partial charge is 0.414 e. The van der Waals surface area contributed by atoms with Crippen molar-refractivity contribution in [2.24, 2.45) is 5.92 Å². The van der Waals surface area contributed by atoms with E-state index in [2.05, 4.69) is 99.6 Å². The number of Topliss-reactive ketones (excluding diaryl/α,β-unsaturated/α-hetero) is 1. The number of rotatable bonds is 10. The molecular formula is C37H59NO5Si. The van der Waals surface area contributed by atoms with Crippen LogP contribution < -0.4 is 0 Å². The first-order valence-corrected chi connectivity index (χ1v) is 19.6. The van der Waals surface area contributed by atoms with Crippen molar-refractivity contribution < 1.29 is 23.8 Å². The maximum Gasteiger partial charge on any atom is 0.414 e. The molecule has 0 N–H and O–H groups in total. The summed E-state index contributed by atoms with van der Waals surface area (Å²) >= 11 is 0. The quantitative estimate of drug-likeness (QED) is 0.242. The van der Waals surface area contributed by atoms with E-state index < -0.39 is 19.9 Å². The number of carbonyl (C=O) groups is 2. The first-order chi connectivity index (χ1) is 20.7. The minimum Gasteiger partial charge on any atom is -0.446 e. The molecule has 3 aliphatic rings. The highest BCUT2D eigenvalue weighted by Crippen LogP contribution is 2.49. The average molecular weight is 626 g/mol. The highest BCUT2D eigenvalue weighted by molar-refractivity contribution is 6.93. The molecule has 2 aliphatic heterocycles. The number of nitrogens with zero attached hydrogens (tertiary/aromatic N) is 1. The Balaban J connectivity index is 1.74. The standard InChI is InChI=1S/C37H59NO5Si/c1-11-37(12-2)41-24-33(43-37)30-22-31(39)34(44(25(3)4,26(5)6)27(7)8)23-38(30)35(40)42-32-21-17-16-20-29(32)36(9,10)28-18-14-13-15-19-28/h13-15,18-19,23,25-27,29-30,32-33H,11-12,16-17,20-22,24H2,1-10H3/t29-,30+,32-,33-/m1/s1. The fourth-order valence-corrected chi connectivity index (χ4v) is 16.0. The van der Waals surface area contributed by atoms with Crippen LogP contribution in [0.15, 0.2) is 41.7 Å². The van der Waals surface area contributed by atoms with Crippen molar-refractivity contribution in [2.45, 2.75) is 160 Å². The van der Waals surface area contributed by atoms with Crippen molar-refractivity contribution >= 4 is 20.0 Å². The molecule has 2 fully saturated rings. The Kier molecular flexibility index (Phi) is 10.9. The molecule has 246 valence electrons. The zero-order chi connectivity index (χ0) is 32.4. The summed E-state index contributed by atoms with van der Waals surface area (Å²) in [6.45, 7) is 22.6. The molecule has 6 nitrogen and oxygen atoms in total. The van der Waals surface area contributed by atoms with Crippen molar-refractivity contribution in [3.05, 3.63) is 47.3 Å². The predicted octanol–water partition coefficient (Wildman–Crippen LogP) is 9.34. The molecule has 2 heterocycles. The van der Waals surface area contributed by atoms with Crippen LogP contribution in [0.5, 0.6) is 0 Å². The highest BCUT2D eigenvalue weighted by atomic mass is 28.3. The van der Waals surface area contributed by atoms with E-state index in [4.69, 9.17) is 14.2 Å². The van der Waals surface area contributed by atoms with Gasteiger partial charge in [-0.15, -0.1) is 0 Å². The van der Waals surface area contributed by atoms with Gasteiger partial charge in [-0.25, -0.2) is 4.79 Å². The number of ketones is 1. The van der Waals surface area contributed by atoms with Gasteiger partial charge in [0, 0.05) is 18.5 Å². The fourth-order valence-electron chi connectivity index (χ4n) is 9.21. The van der Waals surface area contributed by atoms with Crippen LogP contribution in [0.1, 0.15) is 120 Å². The Bertz CT molecular complexity index is 1150. The van der Waals surface area contributed by atoms with Gasteiger partial charge < -0.3 is 14.2 Å². The molecule has 0 bridgehead atoms. The molecule has 4 atom stereocenters. The van der Waals surface area contributed by atoms with Crippen LogP contribution in [0.25, 0.3) is 0 Å². The number of hydrogen-bond donors (Lipinski definition) is 0. The molecule has 1 saturated carbocycles. The number of allylic oxidation sites excluding steroid dienone is 1. The van der Waals surface area contributed by atoms with E-state index >= 15 is 0 Å². The summed E-state index contributed by atoms with van der Waals surface area (Å²) in [6, 6.07) is 10.2. The van der Waals surface area contributed by atoms with Crippen LogP contribution in [-0.2, 0) is 24.4 Å². The van der Waals surface area contributed by atoms with Gasteiger partial charge in [-0.05, 0) is 64.9 Å². The number of hydrogen-bond acceptors (Lipinski definition) is 5. The lowest BCUT2D eigenvalue weighted by atomic mass is 9.66. The molecule has 1 aromatic rings. The third-order valence-electron chi connectivity index (χ3n) is 11.6. The zero-order valence-corrected chi connectivity index (χ0v) is 30.2. The molecule has 4 rings (SSSR count). The van der Waals surface area contributed by atoms with Gasteiger partial charge in [0.25, 0.3) is 0 Å². The van der Waals surface area contributed by atoms with Gasteiger partial charge in [0.2, 0.25) is 0 Å². The predicted molar refractivity (Wildman–Crippen MR) is 180 cm³/mol. The average Bonchev–Trinajstić information content (AvgIpc) is 3.43. The molecule has 0 aromatic heterocycles. The van der Waals surface area contributed by atoms with Gasteiger partial charge in [-0.3, -0.25) is 9.69 Å². The number of ether oxygens (including phenoxy) is 3. The van der Waals surface area contributed by atoms with Crippen molar-refractivity contribution in [2.75, 3.05) is 6.61 Å². The van der Waals surface area contributed by atoms with Gasteiger partial charge in [-0.2, -0.15) is 0 Å². The molecule has 1 aromatic carbocycles. The van der Waals surface area contributed by atoms with E-state index in [9.17, 15) is 9.59 Å². The second kappa shape index (κ2) is 13.8. The maximum absolute atomic E-state index is 14.5. The van der Waals surface area contributed by atoms with Crippen molar-refractivity contribution in [1.82, 2.24) is 4.90 Å². The molecule has 44 heavy (non-hydrogen) atoms. The van der Waals surface area contributed by atoms with Gasteiger partial charge >= 0.3 is 6.09 Å². The lowest BCUT2D eigenvalue weighted by Crippen LogP contribution is -2.56. The summed E-state index contributed by atoms with van der Waals surface area (Å²) in [5.41, 5.74) is 2.16. The first-order valence-electron chi connectivity index (χ1n) is 17.4. The van der Waals surface area contributed by atoms with E-state index in [0.29, 0.717) is 36.1 Å². The second-order valence-corrected chi connectivity index (χ2v) is 20.9. The van der Waals surface area contributed by atoms with E-state index in [-0.39, 0.29) is 41.8 Å². The Morgan fingerprint density at radius 1 is 1.00 bits per heavy atom. The summed E-state index contributed by atoms with van der Waals surface area (Å²) in [7, 11) is -2.34. The topological polar surface area (TPSA) is 65.1 Å². The molecule has 1 aliphatic carbocycles. The first kappa shape index (κ1) is 34.9. The maximum atomic E-state index is 14.5. The van der Waals surface area contributed by atoms with Crippen LogP contribution in [0.3, 0.4) is 0 Å². The fraction of sp³-hybridized carbons (Fsp3) is 0.730. The van der Waals surface area contributed by atoms with Gasteiger partial charge in [0.15, 0.2) is 11.6 Å². The Morgan fingerprint density at radius 2 is 1.59 bits per heavy atom. The Labute approximate surface area is 268 Å². The van der Waals surface area contributed by atoms with Crippen molar-refractivity contribution in [3.63, 3.8) is 0 Å². The molecule has 0 radical (unpaired) electrons.